The molecule has 0 amide bonds. The normalized spacial score (nSPS) is 19.0. The monoisotopic (exact) mass is 246 g/mol. The first-order valence-electron chi connectivity index (χ1n) is 5.89. The van der Waals surface area contributed by atoms with Crippen LogP contribution in [0.15, 0.2) is 18.7 Å². The van der Waals surface area contributed by atoms with E-state index in [0.29, 0.717) is 12.5 Å². The van der Waals surface area contributed by atoms with Crippen LogP contribution in [0.3, 0.4) is 0 Å². The maximum atomic E-state index is 5.37. The highest BCUT2D eigenvalue weighted by Crippen LogP contribution is 2.24. The molecule has 3 rings (SSSR count). The van der Waals surface area contributed by atoms with Crippen LogP contribution in [0.2, 0.25) is 0 Å². The van der Waals surface area contributed by atoms with Crippen molar-refractivity contribution < 1.29 is 4.74 Å². The van der Waals surface area contributed by atoms with Gasteiger partial charge >= 0.3 is 0 Å². The highest BCUT2D eigenvalue weighted by molar-refractivity contribution is 5.36. The van der Waals surface area contributed by atoms with Gasteiger partial charge in [-0.3, -0.25) is 5.10 Å². The summed E-state index contributed by atoms with van der Waals surface area (Å²) in [7, 11) is 0. The number of anilines is 1. The zero-order valence-electron chi connectivity index (χ0n) is 9.83. The highest BCUT2D eigenvalue weighted by Gasteiger charge is 2.19. The standard InChI is InChI=1S/C11H14N6O/c1-2-18-5-8(1)9-3-10(14-6-13-9)12-4-11-15-7-16-17-11/h3,6-8H,1-2,4-5H2,(H,12,13,14)(H,15,16,17)/t8-/m1/s1. The van der Waals surface area contributed by atoms with Crippen LogP contribution in [0.4, 0.5) is 5.82 Å². The first-order chi connectivity index (χ1) is 8.92. The second-order valence-electron chi connectivity index (χ2n) is 4.17. The summed E-state index contributed by atoms with van der Waals surface area (Å²) >= 11 is 0. The lowest BCUT2D eigenvalue weighted by molar-refractivity contribution is 0.193. The van der Waals surface area contributed by atoms with Gasteiger partial charge in [-0.25, -0.2) is 15.0 Å². The number of nitrogens with zero attached hydrogens (tertiary/aromatic N) is 4. The van der Waals surface area contributed by atoms with Crippen LogP contribution in [0.25, 0.3) is 0 Å². The number of aromatic nitrogens is 5. The summed E-state index contributed by atoms with van der Waals surface area (Å²) in [6.45, 7) is 2.13. The summed E-state index contributed by atoms with van der Waals surface area (Å²) < 4.78 is 5.37. The van der Waals surface area contributed by atoms with E-state index in [9.17, 15) is 0 Å². The van der Waals surface area contributed by atoms with Crippen molar-refractivity contribution in [3.63, 3.8) is 0 Å². The number of aromatic amines is 1. The molecule has 7 heteroatoms. The third-order valence-electron chi connectivity index (χ3n) is 2.94. The van der Waals surface area contributed by atoms with Crippen molar-refractivity contribution in [1.82, 2.24) is 25.1 Å². The lowest BCUT2D eigenvalue weighted by Gasteiger charge is -2.08. The summed E-state index contributed by atoms with van der Waals surface area (Å²) in [5.74, 6) is 1.96. The van der Waals surface area contributed by atoms with Crippen molar-refractivity contribution in [2.24, 2.45) is 0 Å². The van der Waals surface area contributed by atoms with E-state index in [1.54, 1.807) is 6.33 Å². The van der Waals surface area contributed by atoms with Gasteiger partial charge in [-0.1, -0.05) is 0 Å². The molecule has 18 heavy (non-hydrogen) atoms. The lowest BCUT2D eigenvalue weighted by atomic mass is 10.1. The van der Waals surface area contributed by atoms with E-state index >= 15 is 0 Å². The highest BCUT2D eigenvalue weighted by atomic mass is 16.5. The van der Waals surface area contributed by atoms with Crippen LogP contribution in [0.5, 0.6) is 0 Å². The fourth-order valence-corrected chi connectivity index (χ4v) is 1.95. The Balaban J connectivity index is 1.66. The lowest BCUT2D eigenvalue weighted by Crippen LogP contribution is -2.06. The van der Waals surface area contributed by atoms with E-state index in [4.69, 9.17) is 4.74 Å². The SMILES string of the molecule is c1nc(NCc2ncn[nH]2)cc([C@@H]2CCOC2)n1. The largest absolute Gasteiger partial charge is 0.381 e. The Bertz CT molecular complexity index is 494. The average Bonchev–Trinajstić information content (AvgIpc) is 3.10. The number of hydrogen-bond acceptors (Lipinski definition) is 6. The fraction of sp³-hybridized carbons (Fsp3) is 0.455. The summed E-state index contributed by atoms with van der Waals surface area (Å²) in [6, 6.07) is 1.97. The summed E-state index contributed by atoms with van der Waals surface area (Å²) in [5, 5.41) is 9.76. The number of H-pyrrole nitrogens is 1. The Morgan fingerprint density at radius 2 is 2.33 bits per heavy atom. The predicted octanol–water partition coefficient (Wildman–Crippen LogP) is 0.711. The van der Waals surface area contributed by atoms with Crippen LogP contribution >= 0.6 is 0 Å². The Kier molecular flexibility index (Phi) is 3.14. The third kappa shape index (κ3) is 2.45. The molecule has 1 atom stereocenters. The fourth-order valence-electron chi connectivity index (χ4n) is 1.95. The van der Waals surface area contributed by atoms with Crippen molar-refractivity contribution in [3.8, 4) is 0 Å². The maximum Gasteiger partial charge on any atom is 0.143 e. The van der Waals surface area contributed by atoms with Gasteiger partial charge in [0.25, 0.3) is 0 Å². The molecule has 7 nitrogen and oxygen atoms in total. The first kappa shape index (κ1) is 11.1. The molecule has 1 fully saturated rings. The molecule has 0 radical (unpaired) electrons. The molecule has 0 saturated carbocycles. The van der Waals surface area contributed by atoms with Gasteiger partial charge < -0.3 is 10.1 Å². The molecule has 3 heterocycles. The van der Waals surface area contributed by atoms with E-state index in [2.05, 4.69) is 30.5 Å². The van der Waals surface area contributed by atoms with Crippen molar-refractivity contribution in [3.05, 3.63) is 30.2 Å². The molecule has 94 valence electrons. The maximum absolute atomic E-state index is 5.37. The third-order valence-corrected chi connectivity index (χ3v) is 2.94. The molecule has 2 N–H and O–H groups in total. The minimum absolute atomic E-state index is 0.388. The van der Waals surface area contributed by atoms with E-state index in [-0.39, 0.29) is 0 Å². The molecule has 0 spiro atoms. The number of nitrogens with one attached hydrogen (secondary N) is 2. The Labute approximate surface area is 104 Å². The minimum atomic E-state index is 0.388. The molecule has 1 saturated heterocycles. The van der Waals surface area contributed by atoms with E-state index in [1.807, 2.05) is 6.07 Å². The Morgan fingerprint density at radius 3 is 3.11 bits per heavy atom. The smallest absolute Gasteiger partial charge is 0.143 e. The summed E-state index contributed by atoms with van der Waals surface area (Å²) in [4.78, 5) is 12.5. The molecule has 0 aromatic carbocycles. The van der Waals surface area contributed by atoms with Gasteiger partial charge in [0.15, 0.2) is 0 Å². The zero-order valence-corrected chi connectivity index (χ0v) is 9.83. The molecule has 1 aliphatic heterocycles. The van der Waals surface area contributed by atoms with Crippen LogP contribution < -0.4 is 5.32 Å². The molecule has 1 aliphatic rings. The molecular formula is C11H14N6O. The van der Waals surface area contributed by atoms with Crippen molar-refractivity contribution in [2.45, 2.75) is 18.9 Å². The van der Waals surface area contributed by atoms with Crippen LogP contribution in [0, 0.1) is 0 Å². The zero-order chi connectivity index (χ0) is 12.2. The second-order valence-corrected chi connectivity index (χ2v) is 4.17. The molecule has 0 bridgehead atoms. The molecule has 2 aromatic heterocycles. The predicted molar refractivity (Wildman–Crippen MR) is 63.9 cm³/mol. The van der Waals surface area contributed by atoms with Crippen molar-refractivity contribution in [1.29, 1.82) is 0 Å². The molecular weight excluding hydrogens is 232 g/mol. The van der Waals surface area contributed by atoms with Gasteiger partial charge in [0.05, 0.1) is 18.8 Å². The number of rotatable bonds is 4. The summed E-state index contributed by atoms with van der Waals surface area (Å²) in [6.07, 6.45) is 4.09. The Hall–Kier alpha value is -2.02. The van der Waals surface area contributed by atoms with Gasteiger partial charge in [-0.15, -0.1) is 0 Å². The van der Waals surface area contributed by atoms with Crippen molar-refractivity contribution in [2.75, 3.05) is 18.5 Å². The van der Waals surface area contributed by atoms with Crippen LogP contribution in [-0.2, 0) is 11.3 Å². The van der Waals surface area contributed by atoms with E-state index in [1.165, 1.54) is 6.33 Å². The van der Waals surface area contributed by atoms with Gasteiger partial charge in [0, 0.05) is 18.6 Å². The topological polar surface area (TPSA) is 88.6 Å². The first-order valence-corrected chi connectivity index (χ1v) is 5.89. The van der Waals surface area contributed by atoms with Gasteiger partial charge in [-0.2, -0.15) is 5.10 Å². The second kappa shape index (κ2) is 5.09. The van der Waals surface area contributed by atoms with E-state index < -0.39 is 0 Å². The molecule has 0 aliphatic carbocycles. The van der Waals surface area contributed by atoms with E-state index in [0.717, 1.165) is 37.0 Å². The Morgan fingerprint density at radius 1 is 1.33 bits per heavy atom. The van der Waals surface area contributed by atoms with Gasteiger partial charge in [-0.05, 0) is 6.42 Å². The van der Waals surface area contributed by atoms with Crippen LogP contribution in [0.1, 0.15) is 23.9 Å². The minimum Gasteiger partial charge on any atom is -0.381 e. The molecule has 2 aromatic rings. The van der Waals surface area contributed by atoms with Gasteiger partial charge in [0.2, 0.25) is 0 Å². The van der Waals surface area contributed by atoms with Gasteiger partial charge in [0.1, 0.15) is 24.3 Å². The number of ether oxygens (including phenoxy) is 1. The van der Waals surface area contributed by atoms with Crippen LogP contribution in [-0.4, -0.2) is 38.4 Å². The number of hydrogen-bond donors (Lipinski definition) is 2. The summed E-state index contributed by atoms with van der Waals surface area (Å²) in [5.41, 5.74) is 1.03. The van der Waals surface area contributed by atoms with Crippen molar-refractivity contribution >= 4 is 5.82 Å². The average molecular weight is 246 g/mol. The molecule has 0 unspecified atom stereocenters. The quantitative estimate of drug-likeness (QED) is 0.826.